The summed E-state index contributed by atoms with van der Waals surface area (Å²) in [5.74, 6) is -2.03. The largest absolute Gasteiger partial charge is 0.335 e. The molecule has 5 heteroatoms. The van der Waals surface area contributed by atoms with Gasteiger partial charge in [0.1, 0.15) is 11.6 Å². The molecule has 18 heavy (non-hydrogen) atoms. The van der Waals surface area contributed by atoms with E-state index in [0.717, 1.165) is 6.07 Å². The Balaban J connectivity index is 3.16. The standard InChI is InChI=1S/C13H18F2N2O/c1-8-5-9(11(15)6-10(8)14)12(18)17(4)13(2,3)7-16/h5-6H,7,16H2,1-4H3. The van der Waals surface area contributed by atoms with Crippen LogP contribution < -0.4 is 5.73 Å². The predicted octanol–water partition coefficient (Wildman–Crippen LogP) is 2.08. The quantitative estimate of drug-likeness (QED) is 0.900. The van der Waals surface area contributed by atoms with Gasteiger partial charge in [0.25, 0.3) is 5.91 Å². The molecule has 0 heterocycles. The minimum absolute atomic E-state index is 0.141. The molecule has 0 unspecified atom stereocenters. The van der Waals surface area contributed by atoms with E-state index in [0.29, 0.717) is 0 Å². The van der Waals surface area contributed by atoms with Gasteiger partial charge in [0.05, 0.1) is 5.56 Å². The van der Waals surface area contributed by atoms with Crippen LogP contribution in [0.1, 0.15) is 29.8 Å². The minimum Gasteiger partial charge on any atom is -0.335 e. The zero-order valence-corrected chi connectivity index (χ0v) is 11.1. The van der Waals surface area contributed by atoms with Crippen LogP contribution in [-0.4, -0.2) is 29.9 Å². The highest BCUT2D eigenvalue weighted by Crippen LogP contribution is 2.19. The number of nitrogens with two attached hydrogens (primary N) is 1. The van der Waals surface area contributed by atoms with E-state index < -0.39 is 23.1 Å². The molecule has 0 fully saturated rings. The number of benzene rings is 1. The topological polar surface area (TPSA) is 46.3 Å². The van der Waals surface area contributed by atoms with Crippen LogP contribution in [-0.2, 0) is 0 Å². The summed E-state index contributed by atoms with van der Waals surface area (Å²) in [6.45, 7) is 5.29. The lowest BCUT2D eigenvalue weighted by molar-refractivity contribution is 0.0635. The third kappa shape index (κ3) is 2.67. The lowest BCUT2D eigenvalue weighted by Gasteiger charge is -2.34. The van der Waals surface area contributed by atoms with Gasteiger partial charge in [-0.25, -0.2) is 8.78 Å². The van der Waals surface area contributed by atoms with E-state index in [1.807, 2.05) is 0 Å². The average Bonchev–Trinajstić information content (AvgIpc) is 2.32. The number of hydrogen-bond donors (Lipinski definition) is 1. The van der Waals surface area contributed by atoms with Crippen molar-refractivity contribution in [3.05, 3.63) is 34.9 Å². The van der Waals surface area contributed by atoms with Gasteiger partial charge in [0.2, 0.25) is 0 Å². The first-order chi connectivity index (χ1) is 8.20. The van der Waals surface area contributed by atoms with Gasteiger partial charge in [0.15, 0.2) is 0 Å². The fraction of sp³-hybridized carbons (Fsp3) is 0.462. The highest BCUT2D eigenvalue weighted by atomic mass is 19.1. The van der Waals surface area contributed by atoms with E-state index >= 15 is 0 Å². The second kappa shape index (κ2) is 5.02. The summed E-state index contributed by atoms with van der Waals surface area (Å²) in [5, 5.41) is 0. The molecule has 0 aliphatic rings. The van der Waals surface area contributed by atoms with Crippen LogP contribution in [0.2, 0.25) is 0 Å². The third-order valence-electron chi connectivity index (χ3n) is 3.19. The van der Waals surface area contributed by atoms with Crippen LogP contribution in [0, 0.1) is 18.6 Å². The van der Waals surface area contributed by atoms with Crippen LogP contribution in [0.3, 0.4) is 0 Å². The Morgan fingerprint density at radius 3 is 2.39 bits per heavy atom. The zero-order valence-electron chi connectivity index (χ0n) is 11.1. The molecule has 3 nitrogen and oxygen atoms in total. The molecule has 100 valence electrons. The first kappa shape index (κ1) is 14.6. The number of likely N-dealkylation sites (N-methyl/N-ethyl adjacent to an activating group) is 1. The van der Waals surface area contributed by atoms with Gasteiger partial charge in [-0.1, -0.05) is 0 Å². The normalized spacial score (nSPS) is 11.5. The number of rotatable bonds is 3. The van der Waals surface area contributed by atoms with Crippen LogP contribution in [0.5, 0.6) is 0 Å². The van der Waals surface area contributed by atoms with E-state index in [4.69, 9.17) is 5.73 Å². The maximum absolute atomic E-state index is 13.6. The van der Waals surface area contributed by atoms with E-state index in [1.165, 1.54) is 17.9 Å². The van der Waals surface area contributed by atoms with Crippen LogP contribution in [0.15, 0.2) is 12.1 Å². The SMILES string of the molecule is Cc1cc(C(=O)N(C)C(C)(C)CN)c(F)cc1F. The molecule has 1 aromatic carbocycles. The van der Waals surface area contributed by atoms with Gasteiger partial charge < -0.3 is 10.6 Å². The summed E-state index contributed by atoms with van der Waals surface area (Å²) in [7, 11) is 1.55. The van der Waals surface area contributed by atoms with Crippen molar-refractivity contribution in [1.29, 1.82) is 0 Å². The number of nitrogens with zero attached hydrogens (tertiary/aromatic N) is 1. The van der Waals surface area contributed by atoms with E-state index in [9.17, 15) is 13.6 Å². The van der Waals surface area contributed by atoms with E-state index in [1.54, 1.807) is 20.9 Å². The smallest absolute Gasteiger partial charge is 0.257 e. The van der Waals surface area contributed by atoms with E-state index in [2.05, 4.69) is 0 Å². The van der Waals surface area contributed by atoms with Crippen molar-refractivity contribution < 1.29 is 13.6 Å². The summed E-state index contributed by atoms with van der Waals surface area (Å²) in [5.41, 5.74) is 5.07. The molecule has 0 aliphatic carbocycles. The van der Waals surface area contributed by atoms with Crippen LogP contribution in [0.25, 0.3) is 0 Å². The molecular weight excluding hydrogens is 238 g/mol. The lowest BCUT2D eigenvalue weighted by atomic mass is 10.0. The summed E-state index contributed by atoms with van der Waals surface area (Å²) in [6.07, 6.45) is 0. The Morgan fingerprint density at radius 2 is 1.89 bits per heavy atom. The molecule has 0 atom stereocenters. The molecule has 0 bridgehead atoms. The highest BCUT2D eigenvalue weighted by molar-refractivity contribution is 5.95. The summed E-state index contributed by atoms with van der Waals surface area (Å²) in [6, 6.07) is 1.95. The number of aryl methyl sites for hydroxylation is 1. The van der Waals surface area contributed by atoms with Crippen molar-refractivity contribution in [2.75, 3.05) is 13.6 Å². The van der Waals surface area contributed by atoms with Gasteiger partial charge in [-0.3, -0.25) is 4.79 Å². The predicted molar refractivity (Wildman–Crippen MR) is 66.3 cm³/mol. The number of amides is 1. The van der Waals surface area contributed by atoms with Crippen LogP contribution in [0.4, 0.5) is 8.78 Å². The molecule has 0 saturated carbocycles. The molecule has 0 spiro atoms. The van der Waals surface area contributed by atoms with Crippen molar-refractivity contribution in [3.63, 3.8) is 0 Å². The molecule has 1 rings (SSSR count). The summed E-state index contributed by atoms with van der Waals surface area (Å²) in [4.78, 5) is 13.5. The monoisotopic (exact) mass is 256 g/mol. The highest BCUT2D eigenvalue weighted by Gasteiger charge is 2.28. The molecule has 1 aromatic rings. The van der Waals surface area contributed by atoms with Gasteiger partial charge >= 0.3 is 0 Å². The zero-order chi connectivity index (χ0) is 14.1. The first-order valence-corrected chi connectivity index (χ1v) is 5.64. The second-order valence-corrected chi connectivity index (χ2v) is 4.96. The molecule has 0 aromatic heterocycles. The fourth-order valence-electron chi connectivity index (χ4n) is 1.41. The summed E-state index contributed by atoms with van der Waals surface area (Å²) < 4.78 is 26.8. The number of carbonyl (C=O) groups excluding carboxylic acids is 1. The Kier molecular flexibility index (Phi) is 4.06. The molecule has 0 radical (unpaired) electrons. The van der Waals surface area contributed by atoms with Gasteiger partial charge in [-0.2, -0.15) is 0 Å². The van der Waals surface area contributed by atoms with Crippen LogP contribution >= 0.6 is 0 Å². The van der Waals surface area contributed by atoms with Gasteiger partial charge in [-0.15, -0.1) is 0 Å². The van der Waals surface area contributed by atoms with Crippen molar-refractivity contribution in [3.8, 4) is 0 Å². The number of halogens is 2. The number of hydrogen-bond acceptors (Lipinski definition) is 2. The van der Waals surface area contributed by atoms with Gasteiger partial charge in [0, 0.05) is 25.2 Å². The minimum atomic E-state index is -0.859. The molecule has 1 amide bonds. The van der Waals surface area contributed by atoms with Crippen molar-refractivity contribution in [1.82, 2.24) is 4.90 Å². The molecular formula is C13H18F2N2O. The average molecular weight is 256 g/mol. The number of carbonyl (C=O) groups is 1. The lowest BCUT2D eigenvalue weighted by Crippen LogP contribution is -2.50. The Bertz CT molecular complexity index is 472. The molecule has 0 saturated heterocycles. The Labute approximate surface area is 106 Å². The van der Waals surface area contributed by atoms with Crippen molar-refractivity contribution >= 4 is 5.91 Å². The van der Waals surface area contributed by atoms with E-state index in [-0.39, 0.29) is 17.7 Å². The molecule has 0 aliphatic heterocycles. The maximum Gasteiger partial charge on any atom is 0.257 e. The third-order valence-corrected chi connectivity index (χ3v) is 3.19. The first-order valence-electron chi connectivity index (χ1n) is 5.64. The summed E-state index contributed by atoms with van der Waals surface area (Å²) >= 11 is 0. The molecule has 2 N–H and O–H groups in total. The second-order valence-electron chi connectivity index (χ2n) is 4.96. The van der Waals surface area contributed by atoms with Crippen molar-refractivity contribution in [2.45, 2.75) is 26.3 Å². The van der Waals surface area contributed by atoms with Crippen molar-refractivity contribution in [2.24, 2.45) is 5.73 Å². The Morgan fingerprint density at radius 1 is 1.33 bits per heavy atom. The Hall–Kier alpha value is -1.49. The maximum atomic E-state index is 13.6. The fourth-order valence-corrected chi connectivity index (χ4v) is 1.41. The van der Waals surface area contributed by atoms with Gasteiger partial charge in [-0.05, 0) is 32.4 Å².